The topological polar surface area (TPSA) is 75.6 Å². The van der Waals surface area contributed by atoms with Crippen molar-refractivity contribution in [2.24, 2.45) is 0 Å². The Morgan fingerprint density at radius 1 is 1.45 bits per heavy atom. The Hall–Kier alpha value is -2.11. The lowest BCUT2D eigenvalue weighted by atomic mass is 10.1. The first-order valence-corrected chi connectivity index (χ1v) is 7.94. The van der Waals surface area contributed by atoms with E-state index in [4.69, 9.17) is 0 Å². The number of rotatable bonds is 7. The molecule has 2 heterocycles. The molecule has 0 unspecified atom stereocenters. The molecule has 1 fully saturated rings. The van der Waals surface area contributed by atoms with Gasteiger partial charge in [-0.15, -0.1) is 0 Å². The van der Waals surface area contributed by atoms with E-state index < -0.39 is 0 Å². The van der Waals surface area contributed by atoms with Gasteiger partial charge in [0.2, 0.25) is 5.91 Å². The van der Waals surface area contributed by atoms with Gasteiger partial charge in [0.05, 0.1) is 12.1 Å². The number of aromatic nitrogens is 4. The van der Waals surface area contributed by atoms with Crippen molar-refractivity contribution in [3.63, 3.8) is 0 Å². The standard InChI is InChI=1S/C16H23N5O/c1-11-14(12(2)20-19-11)10-16(22)17-7-3-9-21-15(6-8-18-21)13-4-5-13/h6,8,13H,3-5,7,9-10H2,1-2H3,(H,17,22)(H,19,20). The van der Waals surface area contributed by atoms with Gasteiger partial charge in [-0.05, 0) is 39.2 Å². The minimum Gasteiger partial charge on any atom is -0.356 e. The maximum absolute atomic E-state index is 12.0. The summed E-state index contributed by atoms with van der Waals surface area (Å²) in [6, 6.07) is 2.11. The van der Waals surface area contributed by atoms with Crippen LogP contribution in [0.5, 0.6) is 0 Å². The molecule has 2 aromatic heterocycles. The summed E-state index contributed by atoms with van der Waals surface area (Å²) in [5, 5.41) is 14.4. The van der Waals surface area contributed by atoms with Gasteiger partial charge in [0.25, 0.3) is 0 Å². The predicted molar refractivity (Wildman–Crippen MR) is 83.6 cm³/mol. The monoisotopic (exact) mass is 301 g/mol. The Morgan fingerprint density at radius 2 is 2.27 bits per heavy atom. The number of nitrogens with zero attached hydrogens (tertiary/aromatic N) is 3. The number of H-pyrrole nitrogens is 1. The van der Waals surface area contributed by atoms with Gasteiger partial charge in [0.15, 0.2) is 0 Å². The van der Waals surface area contributed by atoms with E-state index in [1.807, 2.05) is 20.0 Å². The van der Waals surface area contributed by atoms with E-state index in [1.54, 1.807) is 0 Å². The first kappa shape index (κ1) is 14.8. The molecule has 118 valence electrons. The average Bonchev–Trinajstić information content (AvgIpc) is 3.17. The van der Waals surface area contributed by atoms with E-state index in [2.05, 4.69) is 31.4 Å². The molecular formula is C16H23N5O. The SMILES string of the molecule is Cc1n[nH]c(C)c1CC(=O)NCCCn1nccc1C1CC1. The molecular weight excluding hydrogens is 278 g/mol. The molecule has 0 saturated heterocycles. The number of hydrogen-bond donors (Lipinski definition) is 2. The second-order valence-electron chi connectivity index (χ2n) is 6.05. The minimum atomic E-state index is 0.0514. The third-order valence-corrected chi connectivity index (χ3v) is 4.23. The highest BCUT2D eigenvalue weighted by molar-refractivity contribution is 5.79. The fourth-order valence-corrected chi connectivity index (χ4v) is 2.77. The summed E-state index contributed by atoms with van der Waals surface area (Å²) >= 11 is 0. The summed E-state index contributed by atoms with van der Waals surface area (Å²) in [5.41, 5.74) is 4.22. The number of aromatic amines is 1. The first-order valence-electron chi connectivity index (χ1n) is 7.94. The van der Waals surface area contributed by atoms with Crippen LogP contribution in [0.15, 0.2) is 12.3 Å². The summed E-state index contributed by atoms with van der Waals surface area (Å²) in [4.78, 5) is 12.0. The molecule has 0 spiro atoms. The molecule has 22 heavy (non-hydrogen) atoms. The zero-order valence-electron chi connectivity index (χ0n) is 13.2. The van der Waals surface area contributed by atoms with Crippen molar-refractivity contribution >= 4 is 5.91 Å². The van der Waals surface area contributed by atoms with Crippen LogP contribution in [-0.2, 0) is 17.8 Å². The van der Waals surface area contributed by atoms with E-state index >= 15 is 0 Å². The third kappa shape index (κ3) is 3.37. The molecule has 0 bridgehead atoms. The van der Waals surface area contributed by atoms with Gasteiger partial charge in [0.1, 0.15) is 0 Å². The third-order valence-electron chi connectivity index (χ3n) is 4.23. The lowest BCUT2D eigenvalue weighted by molar-refractivity contribution is -0.120. The van der Waals surface area contributed by atoms with Crippen LogP contribution in [-0.4, -0.2) is 32.4 Å². The van der Waals surface area contributed by atoms with Crippen molar-refractivity contribution in [1.82, 2.24) is 25.3 Å². The number of aryl methyl sites for hydroxylation is 3. The lowest BCUT2D eigenvalue weighted by Gasteiger charge is -2.08. The van der Waals surface area contributed by atoms with Crippen LogP contribution < -0.4 is 5.32 Å². The Labute approximate surface area is 130 Å². The molecule has 1 aliphatic rings. The van der Waals surface area contributed by atoms with Crippen molar-refractivity contribution in [3.05, 3.63) is 34.9 Å². The highest BCUT2D eigenvalue weighted by atomic mass is 16.1. The summed E-state index contributed by atoms with van der Waals surface area (Å²) < 4.78 is 2.08. The molecule has 1 amide bonds. The quantitative estimate of drug-likeness (QED) is 0.766. The Balaban J connectivity index is 1.41. The summed E-state index contributed by atoms with van der Waals surface area (Å²) in [6.45, 7) is 5.41. The van der Waals surface area contributed by atoms with Gasteiger partial charge in [-0.2, -0.15) is 10.2 Å². The van der Waals surface area contributed by atoms with Gasteiger partial charge < -0.3 is 5.32 Å². The Bertz CT molecular complexity index is 634. The lowest BCUT2D eigenvalue weighted by Crippen LogP contribution is -2.27. The molecule has 0 aromatic carbocycles. The fourth-order valence-electron chi connectivity index (χ4n) is 2.77. The van der Waals surface area contributed by atoms with Crippen molar-refractivity contribution in [2.45, 2.75) is 52.0 Å². The van der Waals surface area contributed by atoms with E-state index in [-0.39, 0.29) is 5.91 Å². The summed E-state index contributed by atoms with van der Waals surface area (Å²) in [7, 11) is 0. The highest BCUT2D eigenvalue weighted by Crippen LogP contribution is 2.39. The molecule has 1 saturated carbocycles. The Morgan fingerprint density at radius 3 is 2.95 bits per heavy atom. The van der Waals surface area contributed by atoms with E-state index in [0.717, 1.165) is 29.9 Å². The maximum atomic E-state index is 12.0. The van der Waals surface area contributed by atoms with Crippen LogP contribution in [0.4, 0.5) is 0 Å². The number of amides is 1. The second-order valence-corrected chi connectivity index (χ2v) is 6.05. The second kappa shape index (κ2) is 6.34. The Kier molecular flexibility index (Phi) is 4.27. The van der Waals surface area contributed by atoms with Gasteiger partial charge in [0, 0.05) is 42.2 Å². The molecule has 2 aromatic rings. The normalized spacial score (nSPS) is 14.3. The van der Waals surface area contributed by atoms with Crippen molar-refractivity contribution in [2.75, 3.05) is 6.54 Å². The van der Waals surface area contributed by atoms with Gasteiger partial charge in [-0.3, -0.25) is 14.6 Å². The van der Waals surface area contributed by atoms with Gasteiger partial charge >= 0.3 is 0 Å². The number of hydrogen-bond acceptors (Lipinski definition) is 3. The molecule has 2 N–H and O–H groups in total. The molecule has 0 aliphatic heterocycles. The van der Waals surface area contributed by atoms with Crippen molar-refractivity contribution < 1.29 is 4.79 Å². The first-order chi connectivity index (χ1) is 10.6. The molecule has 6 heteroatoms. The van der Waals surface area contributed by atoms with Crippen molar-refractivity contribution in [3.8, 4) is 0 Å². The van der Waals surface area contributed by atoms with E-state index in [9.17, 15) is 4.79 Å². The van der Waals surface area contributed by atoms with Gasteiger partial charge in [-0.25, -0.2) is 0 Å². The number of nitrogens with one attached hydrogen (secondary N) is 2. The minimum absolute atomic E-state index is 0.0514. The van der Waals surface area contributed by atoms with Crippen LogP contribution in [0, 0.1) is 13.8 Å². The zero-order valence-corrected chi connectivity index (χ0v) is 13.2. The van der Waals surface area contributed by atoms with E-state index in [1.165, 1.54) is 18.5 Å². The van der Waals surface area contributed by atoms with Crippen LogP contribution in [0.25, 0.3) is 0 Å². The fraction of sp³-hybridized carbons (Fsp3) is 0.562. The summed E-state index contributed by atoms with van der Waals surface area (Å²) in [6.07, 6.45) is 5.73. The molecule has 0 radical (unpaired) electrons. The van der Waals surface area contributed by atoms with Crippen LogP contribution >= 0.6 is 0 Å². The predicted octanol–water partition coefficient (Wildman–Crippen LogP) is 1.85. The van der Waals surface area contributed by atoms with Crippen molar-refractivity contribution in [1.29, 1.82) is 0 Å². The molecule has 3 rings (SSSR count). The average molecular weight is 301 g/mol. The smallest absolute Gasteiger partial charge is 0.224 e. The summed E-state index contributed by atoms with van der Waals surface area (Å²) in [5.74, 6) is 0.764. The number of carbonyl (C=O) groups excluding carboxylic acids is 1. The van der Waals surface area contributed by atoms with Crippen LogP contribution in [0.3, 0.4) is 0 Å². The zero-order chi connectivity index (χ0) is 15.5. The van der Waals surface area contributed by atoms with Crippen LogP contribution in [0.2, 0.25) is 0 Å². The highest BCUT2D eigenvalue weighted by Gasteiger charge is 2.26. The van der Waals surface area contributed by atoms with Crippen LogP contribution in [0.1, 0.15) is 47.8 Å². The molecule has 6 nitrogen and oxygen atoms in total. The van der Waals surface area contributed by atoms with E-state index in [0.29, 0.717) is 18.9 Å². The largest absolute Gasteiger partial charge is 0.356 e. The maximum Gasteiger partial charge on any atom is 0.224 e. The number of carbonyl (C=O) groups is 1. The van der Waals surface area contributed by atoms with Gasteiger partial charge in [-0.1, -0.05) is 0 Å². The molecule has 0 atom stereocenters. The molecule has 1 aliphatic carbocycles.